The monoisotopic (exact) mass is 338 g/mol. The van der Waals surface area contributed by atoms with Crippen molar-refractivity contribution >= 4 is 22.8 Å². The number of fused-ring (bicyclic) bond motifs is 1. The molecule has 25 heavy (non-hydrogen) atoms. The van der Waals surface area contributed by atoms with E-state index in [1.54, 1.807) is 49.3 Å². The van der Waals surface area contributed by atoms with Crippen LogP contribution in [0.4, 0.5) is 0 Å². The van der Waals surface area contributed by atoms with E-state index in [4.69, 9.17) is 4.74 Å². The first-order valence-electron chi connectivity index (χ1n) is 7.72. The Balaban J connectivity index is 1.98. The third kappa shape index (κ3) is 3.21. The van der Waals surface area contributed by atoms with Crippen LogP contribution in [0.2, 0.25) is 0 Å². The van der Waals surface area contributed by atoms with Gasteiger partial charge in [-0.25, -0.2) is 9.48 Å². The molecule has 0 radical (unpaired) electrons. The zero-order chi connectivity index (χ0) is 18.0. The molecule has 0 atom stereocenters. The van der Waals surface area contributed by atoms with Gasteiger partial charge in [0.05, 0.1) is 30.1 Å². The number of methoxy groups -OCH3 is 1. The van der Waals surface area contributed by atoms with Crippen molar-refractivity contribution in [3.05, 3.63) is 54.5 Å². The lowest BCUT2D eigenvalue weighted by Gasteiger charge is -2.23. The summed E-state index contributed by atoms with van der Waals surface area (Å²) in [4.78, 5) is 28.5. The average molecular weight is 338 g/mol. The van der Waals surface area contributed by atoms with E-state index in [9.17, 15) is 9.59 Å². The third-order valence-corrected chi connectivity index (χ3v) is 3.83. The van der Waals surface area contributed by atoms with Gasteiger partial charge in [0.1, 0.15) is 5.54 Å². The van der Waals surface area contributed by atoms with Crippen molar-refractivity contribution in [2.45, 2.75) is 19.4 Å². The number of hydrogen-bond donors (Lipinski definition) is 1. The van der Waals surface area contributed by atoms with Crippen molar-refractivity contribution in [3.8, 4) is 5.69 Å². The molecule has 3 rings (SSSR count). The number of esters is 1. The molecule has 1 N–H and O–H groups in total. The number of amides is 1. The molecule has 0 saturated carbocycles. The Hall–Kier alpha value is -3.22. The number of carbonyl (C=O) groups is 2. The van der Waals surface area contributed by atoms with Gasteiger partial charge in [0.2, 0.25) is 0 Å². The predicted molar refractivity (Wildman–Crippen MR) is 92.4 cm³/mol. The lowest BCUT2D eigenvalue weighted by Crippen LogP contribution is -2.50. The minimum absolute atomic E-state index is 0.369. The van der Waals surface area contributed by atoms with Gasteiger partial charge in [0.15, 0.2) is 0 Å². The maximum atomic E-state index is 12.7. The molecular weight excluding hydrogens is 320 g/mol. The first-order valence-corrected chi connectivity index (χ1v) is 7.72. The van der Waals surface area contributed by atoms with Gasteiger partial charge in [0, 0.05) is 17.8 Å². The zero-order valence-electron chi connectivity index (χ0n) is 14.2. The predicted octanol–water partition coefficient (Wildman–Crippen LogP) is 2.10. The standard InChI is InChI=1S/C18H18N4O3/c1-18(2,17(24)25-3)20-16(23)13-7-4-8-15-14(13)11-22(21-15)12-6-5-9-19-10-12/h4-11H,1-3H3,(H,20,23). The molecular formula is C18H18N4O3. The van der Waals surface area contributed by atoms with E-state index in [-0.39, 0.29) is 5.91 Å². The van der Waals surface area contributed by atoms with E-state index in [0.717, 1.165) is 5.69 Å². The quantitative estimate of drug-likeness (QED) is 0.736. The minimum Gasteiger partial charge on any atom is -0.467 e. The summed E-state index contributed by atoms with van der Waals surface area (Å²) in [7, 11) is 1.29. The molecule has 0 aliphatic heterocycles. The number of nitrogens with zero attached hydrogens (tertiary/aromatic N) is 3. The highest BCUT2D eigenvalue weighted by molar-refractivity contribution is 6.07. The van der Waals surface area contributed by atoms with E-state index in [1.165, 1.54) is 7.11 Å². The number of aromatic nitrogens is 3. The van der Waals surface area contributed by atoms with Gasteiger partial charge in [-0.15, -0.1) is 0 Å². The Labute approximate surface area is 144 Å². The zero-order valence-corrected chi connectivity index (χ0v) is 14.2. The third-order valence-electron chi connectivity index (χ3n) is 3.83. The summed E-state index contributed by atoms with van der Waals surface area (Å²) in [5.74, 6) is -0.884. The van der Waals surface area contributed by atoms with Gasteiger partial charge in [0.25, 0.3) is 5.91 Å². The summed E-state index contributed by atoms with van der Waals surface area (Å²) < 4.78 is 6.39. The van der Waals surface area contributed by atoms with Crippen molar-refractivity contribution in [1.82, 2.24) is 20.1 Å². The van der Waals surface area contributed by atoms with E-state index in [1.807, 2.05) is 18.2 Å². The molecule has 0 spiro atoms. The summed E-state index contributed by atoms with van der Waals surface area (Å²) in [5, 5.41) is 7.87. The average Bonchev–Trinajstić information content (AvgIpc) is 3.05. The first kappa shape index (κ1) is 16.6. The molecule has 2 heterocycles. The molecule has 0 saturated heterocycles. The second kappa shape index (κ2) is 6.35. The molecule has 0 aliphatic rings. The van der Waals surface area contributed by atoms with Crippen LogP contribution in [-0.2, 0) is 9.53 Å². The largest absolute Gasteiger partial charge is 0.467 e. The number of carbonyl (C=O) groups excluding carboxylic acids is 2. The molecule has 7 heteroatoms. The van der Waals surface area contributed by atoms with Gasteiger partial charge in [-0.05, 0) is 38.1 Å². The van der Waals surface area contributed by atoms with Crippen LogP contribution in [0.15, 0.2) is 48.9 Å². The van der Waals surface area contributed by atoms with Crippen LogP contribution in [-0.4, -0.2) is 39.3 Å². The lowest BCUT2D eigenvalue weighted by atomic mass is 10.0. The van der Waals surface area contributed by atoms with Gasteiger partial charge < -0.3 is 10.1 Å². The minimum atomic E-state index is -1.13. The Kier molecular flexibility index (Phi) is 4.22. The van der Waals surface area contributed by atoms with Gasteiger partial charge >= 0.3 is 5.97 Å². The summed E-state index contributed by atoms with van der Waals surface area (Å²) in [5.41, 5.74) is 0.768. The second-order valence-corrected chi connectivity index (χ2v) is 6.09. The smallest absolute Gasteiger partial charge is 0.330 e. The van der Waals surface area contributed by atoms with Crippen molar-refractivity contribution in [2.75, 3.05) is 7.11 Å². The molecule has 1 aromatic carbocycles. The van der Waals surface area contributed by atoms with Crippen LogP contribution in [0.3, 0.4) is 0 Å². The van der Waals surface area contributed by atoms with Gasteiger partial charge in [-0.3, -0.25) is 9.78 Å². The number of benzene rings is 1. The van der Waals surface area contributed by atoms with Crippen LogP contribution in [0.5, 0.6) is 0 Å². The number of pyridine rings is 1. The maximum Gasteiger partial charge on any atom is 0.330 e. The molecule has 7 nitrogen and oxygen atoms in total. The summed E-state index contributed by atoms with van der Waals surface area (Å²) in [6.07, 6.45) is 5.14. The number of rotatable bonds is 4. The molecule has 0 unspecified atom stereocenters. The fourth-order valence-electron chi connectivity index (χ4n) is 2.52. The fraction of sp³-hybridized carbons (Fsp3) is 0.222. The number of ether oxygens (including phenoxy) is 1. The summed E-state index contributed by atoms with van der Waals surface area (Å²) in [6, 6.07) is 8.96. The van der Waals surface area contributed by atoms with Gasteiger partial charge in [-0.2, -0.15) is 5.10 Å². The normalized spacial score (nSPS) is 11.3. The highest BCUT2D eigenvalue weighted by Crippen LogP contribution is 2.20. The number of nitrogens with one attached hydrogen (secondary N) is 1. The molecule has 1 amide bonds. The van der Waals surface area contributed by atoms with Crippen LogP contribution in [0, 0.1) is 0 Å². The van der Waals surface area contributed by atoms with Gasteiger partial charge in [-0.1, -0.05) is 6.07 Å². The van der Waals surface area contributed by atoms with E-state index in [0.29, 0.717) is 16.5 Å². The molecule has 0 aliphatic carbocycles. The van der Waals surface area contributed by atoms with Crippen molar-refractivity contribution in [3.63, 3.8) is 0 Å². The molecule has 0 fully saturated rings. The van der Waals surface area contributed by atoms with Crippen molar-refractivity contribution < 1.29 is 14.3 Å². The van der Waals surface area contributed by atoms with Crippen molar-refractivity contribution in [2.24, 2.45) is 0 Å². The second-order valence-electron chi connectivity index (χ2n) is 6.09. The van der Waals surface area contributed by atoms with Crippen LogP contribution in [0.1, 0.15) is 24.2 Å². The van der Waals surface area contributed by atoms with Crippen molar-refractivity contribution in [1.29, 1.82) is 0 Å². The SMILES string of the molecule is COC(=O)C(C)(C)NC(=O)c1cccc2nn(-c3cccnc3)cc12. The van der Waals surface area contributed by atoms with E-state index in [2.05, 4.69) is 15.4 Å². The fourth-order valence-corrected chi connectivity index (χ4v) is 2.52. The summed E-state index contributed by atoms with van der Waals surface area (Å²) >= 11 is 0. The Morgan fingerprint density at radius 1 is 1.20 bits per heavy atom. The first-order chi connectivity index (χ1) is 11.9. The van der Waals surface area contributed by atoms with E-state index < -0.39 is 11.5 Å². The van der Waals surface area contributed by atoms with E-state index >= 15 is 0 Å². The Morgan fingerprint density at radius 2 is 2.00 bits per heavy atom. The molecule has 128 valence electrons. The van der Waals surface area contributed by atoms with Crippen LogP contribution >= 0.6 is 0 Å². The summed E-state index contributed by atoms with van der Waals surface area (Å²) in [6.45, 7) is 3.19. The Morgan fingerprint density at radius 3 is 2.68 bits per heavy atom. The maximum absolute atomic E-state index is 12.7. The Bertz CT molecular complexity index is 932. The lowest BCUT2D eigenvalue weighted by molar-refractivity contribution is -0.146. The highest BCUT2D eigenvalue weighted by atomic mass is 16.5. The highest BCUT2D eigenvalue weighted by Gasteiger charge is 2.31. The number of hydrogen-bond acceptors (Lipinski definition) is 5. The molecule has 2 aromatic heterocycles. The topological polar surface area (TPSA) is 86.1 Å². The van der Waals surface area contributed by atoms with Crippen LogP contribution in [0.25, 0.3) is 16.6 Å². The molecule has 0 bridgehead atoms. The van der Waals surface area contributed by atoms with Crippen LogP contribution < -0.4 is 5.32 Å². The molecule has 3 aromatic rings.